The van der Waals surface area contributed by atoms with E-state index in [-0.39, 0.29) is 28.4 Å². The van der Waals surface area contributed by atoms with Crippen LogP contribution in [0.25, 0.3) is 0 Å². The molecule has 0 saturated heterocycles. The average Bonchev–Trinajstić information content (AvgIpc) is 3.02. The third-order valence-electron chi connectivity index (χ3n) is 4.62. The summed E-state index contributed by atoms with van der Waals surface area (Å²) in [6.45, 7) is 3.54. The van der Waals surface area contributed by atoms with Crippen molar-refractivity contribution >= 4 is 21.9 Å². The molecule has 8 heteroatoms. The lowest BCUT2D eigenvalue weighted by Crippen LogP contribution is -2.34. The molecule has 0 aromatic heterocycles. The van der Waals surface area contributed by atoms with Crippen LogP contribution in [0.15, 0.2) is 29.2 Å². The minimum absolute atomic E-state index is 0.0613. The second-order valence-corrected chi connectivity index (χ2v) is 8.66. The number of rotatable bonds is 6. The number of carboxylic acids is 1. The Hall–Kier alpha value is -1.93. The van der Waals surface area contributed by atoms with E-state index < -0.39 is 21.9 Å². The summed E-state index contributed by atoms with van der Waals surface area (Å²) in [5.74, 6) is -1.67. The number of nitrogens with one attached hydrogen (secondary N) is 1. The fraction of sp³-hybridized carbons (Fsp3) is 0.529. The van der Waals surface area contributed by atoms with Crippen LogP contribution in [0.3, 0.4) is 0 Å². The van der Waals surface area contributed by atoms with Gasteiger partial charge in [-0.25, -0.2) is 8.42 Å². The van der Waals surface area contributed by atoms with E-state index in [1.165, 1.54) is 29.6 Å². The number of nitrogens with zero attached hydrogens (tertiary/aromatic N) is 1. The first-order valence-electron chi connectivity index (χ1n) is 8.24. The van der Waals surface area contributed by atoms with E-state index in [0.29, 0.717) is 19.3 Å². The van der Waals surface area contributed by atoms with Crippen LogP contribution in [0.4, 0.5) is 0 Å². The number of aliphatic carboxylic acids is 1. The summed E-state index contributed by atoms with van der Waals surface area (Å²) in [6, 6.07) is 5.49. The summed E-state index contributed by atoms with van der Waals surface area (Å²) in [5, 5.41) is 11.8. The molecule has 2 N–H and O–H groups in total. The summed E-state index contributed by atoms with van der Waals surface area (Å²) in [6.07, 6.45) is 1.54. The molecule has 1 aliphatic rings. The normalized spacial score (nSPS) is 20.8. The minimum Gasteiger partial charge on any atom is -0.481 e. The zero-order valence-electron chi connectivity index (χ0n) is 14.6. The molecule has 0 radical (unpaired) electrons. The number of hydrogen-bond acceptors (Lipinski definition) is 4. The fourth-order valence-electron chi connectivity index (χ4n) is 2.85. The molecular formula is C17H24N2O5S. The molecule has 1 amide bonds. The molecule has 1 fully saturated rings. The summed E-state index contributed by atoms with van der Waals surface area (Å²) in [7, 11) is -2.17. The maximum atomic E-state index is 12.5. The number of amides is 1. The maximum absolute atomic E-state index is 12.5. The highest BCUT2D eigenvalue weighted by Crippen LogP contribution is 2.26. The van der Waals surface area contributed by atoms with Gasteiger partial charge in [-0.05, 0) is 51.3 Å². The van der Waals surface area contributed by atoms with Crippen LogP contribution in [0, 0.1) is 5.92 Å². The van der Waals surface area contributed by atoms with Gasteiger partial charge < -0.3 is 10.4 Å². The van der Waals surface area contributed by atoms with Crippen molar-refractivity contribution in [3.05, 3.63) is 29.8 Å². The lowest BCUT2D eigenvalue weighted by molar-refractivity contribution is -0.141. The second-order valence-electron chi connectivity index (χ2n) is 6.66. The van der Waals surface area contributed by atoms with Gasteiger partial charge in [0.1, 0.15) is 0 Å². The van der Waals surface area contributed by atoms with Crippen molar-refractivity contribution in [2.24, 2.45) is 5.92 Å². The lowest BCUT2D eigenvalue weighted by Gasteiger charge is -2.21. The largest absolute Gasteiger partial charge is 0.481 e. The molecule has 0 bridgehead atoms. The first-order valence-corrected chi connectivity index (χ1v) is 9.68. The number of hydrogen-bond donors (Lipinski definition) is 2. The molecule has 1 aromatic rings. The van der Waals surface area contributed by atoms with Crippen LogP contribution >= 0.6 is 0 Å². The van der Waals surface area contributed by atoms with Gasteiger partial charge in [-0.3, -0.25) is 9.59 Å². The number of carbonyl (C=O) groups is 2. The van der Waals surface area contributed by atoms with E-state index in [2.05, 4.69) is 5.32 Å². The van der Waals surface area contributed by atoms with Gasteiger partial charge in [-0.15, -0.1) is 0 Å². The van der Waals surface area contributed by atoms with Crippen molar-refractivity contribution in [2.45, 2.75) is 50.1 Å². The van der Waals surface area contributed by atoms with E-state index in [9.17, 15) is 18.0 Å². The molecule has 1 saturated carbocycles. The molecule has 0 unspecified atom stereocenters. The van der Waals surface area contributed by atoms with E-state index in [1.807, 2.05) is 0 Å². The van der Waals surface area contributed by atoms with Crippen LogP contribution in [-0.2, 0) is 14.8 Å². The van der Waals surface area contributed by atoms with Gasteiger partial charge in [0.05, 0.1) is 10.8 Å². The monoisotopic (exact) mass is 368 g/mol. The summed E-state index contributed by atoms with van der Waals surface area (Å²) < 4.78 is 26.3. The van der Waals surface area contributed by atoms with Crippen LogP contribution in [0.2, 0.25) is 0 Å². The van der Waals surface area contributed by atoms with Crippen molar-refractivity contribution in [3.63, 3.8) is 0 Å². The van der Waals surface area contributed by atoms with Crippen molar-refractivity contribution in [1.29, 1.82) is 0 Å². The molecule has 25 heavy (non-hydrogen) atoms. The van der Waals surface area contributed by atoms with Gasteiger partial charge in [0.15, 0.2) is 0 Å². The molecule has 2 rings (SSSR count). The van der Waals surface area contributed by atoms with Crippen molar-refractivity contribution < 1.29 is 23.1 Å². The van der Waals surface area contributed by atoms with Gasteiger partial charge in [0.25, 0.3) is 5.91 Å². The predicted octanol–water partition coefficient (Wildman–Crippen LogP) is 1.70. The summed E-state index contributed by atoms with van der Waals surface area (Å²) in [4.78, 5) is 23.4. The van der Waals surface area contributed by atoms with Gasteiger partial charge in [0, 0.05) is 24.7 Å². The van der Waals surface area contributed by atoms with Crippen molar-refractivity contribution in [2.75, 3.05) is 7.05 Å². The van der Waals surface area contributed by atoms with Crippen molar-refractivity contribution in [3.8, 4) is 0 Å². The topological polar surface area (TPSA) is 104 Å². The van der Waals surface area contributed by atoms with Gasteiger partial charge in [0.2, 0.25) is 10.0 Å². The van der Waals surface area contributed by atoms with E-state index in [4.69, 9.17) is 5.11 Å². The highest BCUT2D eigenvalue weighted by atomic mass is 32.2. The van der Waals surface area contributed by atoms with Crippen molar-refractivity contribution in [1.82, 2.24) is 9.62 Å². The van der Waals surface area contributed by atoms with Gasteiger partial charge >= 0.3 is 5.97 Å². The number of carbonyl (C=O) groups excluding carboxylic acids is 1. The lowest BCUT2D eigenvalue weighted by atomic mass is 10.1. The smallest absolute Gasteiger partial charge is 0.306 e. The Morgan fingerprint density at radius 3 is 2.52 bits per heavy atom. The second kappa shape index (κ2) is 7.53. The number of carboxylic acid groups (broad SMARTS) is 1. The highest BCUT2D eigenvalue weighted by molar-refractivity contribution is 7.89. The zero-order valence-corrected chi connectivity index (χ0v) is 15.4. The first kappa shape index (κ1) is 19.4. The Morgan fingerprint density at radius 2 is 1.96 bits per heavy atom. The van der Waals surface area contributed by atoms with E-state index in [0.717, 1.165) is 0 Å². The first-order chi connectivity index (χ1) is 11.6. The van der Waals surface area contributed by atoms with Crippen LogP contribution < -0.4 is 5.32 Å². The molecular weight excluding hydrogens is 344 g/mol. The molecule has 138 valence electrons. The third kappa shape index (κ3) is 4.38. The van der Waals surface area contributed by atoms with E-state index in [1.54, 1.807) is 19.9 Å². The molecule has 1 aliphatic carbocycles. The Kier molecular flexibility index (Phi) is 5.84. The fourth-order valence-corrected chi connectivity index (χ4v) is 4.26. The van der Waals surface area contributed by atoms with Gasteiger partial charge in [-0.2, -0.15) is 4.31 Å². The summed E-state index contributed by atoms with van der Waals surface area (Å²) >= 11 is 0. The zero-order chi connectivity index (χ0) is 18.8. The molecule has 0 heterocycles. The minimum atomic E-state index is -3.67. The Bertz CT molecular complexity index is 760. The molecule has 1 aromatic carbocycles. The quantitative estimate of drug-likeness (QED) is 0.795. The molecule has 2 atom stereocenters. The van der Waals surface area contributed by atoms with E-state index >= 15 is 0 Å². The third-order valence-corrected chi connectivity index (χ3v) is 6.65. The van der Waals surface area contributed by atoms with Crippen LogP contribution in [0.1, 0.15) is 43.5 Å². The number of sulfonamides is 1. The Labute approximate surface area is 148 Å². The van der Waals surface area contributed by atoms with Gasteiger partial charge in [-0.1, -0.05) is 6.07 Å². The van der Waals surface area contributed by atoms with Crippen LogP contribution in [0.5, 0.6) is 0 Å². The molecule has 0 aliphatic heterocycles. The Morgan fingerprint density at radius 1 is 1.28 bits per heavy atom. The maximum Gasteiger partial charge on any atom is 0.306 e. The predicted molar refractivity (Wildman–Crippen MR) is 92.8 cm³/mol. The Balaban J connectivity index is 2.13. The average molecular weight is 368 g/mol. The summed E-state index contributed by atoms with van der Waals surface area (Å²) in [5.41, 5.74) is 0.247. The van der Waals surface area contributed by atoms with Crippen LogP contribution in [-0.4, -0.2) is 48.8 Å². The highest BCUT2D eigenvalue weighted by Gasteiger charge is 2.31. The molecule has 0 spiro atoms. The molecule has 7 nitrogen and oxygen atoms in total. The SMILES string of the molecule is CC(C)N(C)S(=O)(=O)c1cccc(C(=O)N[C@@H]2CC[C@H](C(=O)O)C2)c1. The standard InChI is InChI=1S/C17H24N2O5S/c1-11(2)19(3)25(23,24)15-6-4-5-12(10-15)16(20)18-14-8-7-13(9-14)17(21)22/h4-6,10-11,13-14H,7-9H2,1-3H3,(H,18,20)(H,21,22)/t13-,14+/m0/s1. The number of benzene rings is 1.